The average Bonchev–Trinajstić information content (AvgIpc) is 2.22. The smallest absolute Gasteiger partial charge is 0.305 e. The Kier molecular flexibility index (Phi) is 7.47. The summed E-state index contributed by atoms with van der Waals surface area (Å²) in [6, 6.07) is 0. The fourth-order valence-corrected chi connectivity index (χ4v) is 0.986. The lowest BCUT2D eigenvalue weighted by molar-refractivity contribution is -0.157. The van der Waals surface area contributed by atoms with Crippen LogP contribution in [0.3, 0.4) is 0 Å². The van der Waals surface area contributed by atoms with E-state index in [9.17, 15) is 9.59 Å². The first-order valence-electron chi connectivity index (χ1n) is 4.55. The molecule has 0 amide bonds. The molecule has 82 valence electrons. The van der Waals surface area contributed by atoms with Gasteiger partial charge in [-0.15, -0.1) is 0 Å². The first-order chi connectivity index (χ1) is 6.63. The molecule has 0 saturated carbocycles. The Morgan fingerprint density at radius 1 is 1.21 bits per heavy atom. The van der Waals surface area contributed by atoms with Crippen molar-refractivity contribution in [2.45, 2.75) is 32.8 Å². The van der Waals surface area contributed by atoms with Gasteiger partial charge in [0, 0.05) is 18.2 Å². The SMILES string of the molecule is CCC(=O)OC[C@H](CBr)OC(=O)CC. The molecule has 0 fully saturated rings. The second kappa shape index (κ2) is 7.79. The normalized spacial score (nSPS) is 11.9. The van der Waals surface area contributed by atoms with Gasteiger partial charge < -0.3 is 9.47 Å². The van der Waals surface area contributed by atoms with Crippen LogP contribution in [0.25, 0.3) is 0 Å². The first-order valence-corrected chi connectivity index (χ1v) is 5.67. The average molecular weight is 267 g/mol. The predicted octanol–water partition coefficient (Wildman–Crippen LogP) is 1.66. The lowest BCUT2D eigenvalue weighted by Gasteiger charge is -2.14. The number of halogens is 1. The van der Waals surface area contributed by atoms with Gasteiger partial charge in [-0.05, 0) is 0 Å². The van der Waals surface area contributed by atoms with E-state index in [2.05, 4.69) is 15.9 Å². The Labute approximate surface area is 92.1 Å². The van der Waals surface area contributed by atoms with E-state index >= 15 is 0 Å². The molecule has 0 aliphatic heterocycles. The van der Waals surface area contributed by atoms with Crippen LogP contribution < -0.4 is 0 Å². The van der Waals surface area contributed by atoms with Crippen molar-refractivity contribution in [1.82, 2.24) is 0 Å². The number of hydrogen-bond acceptors (Lipinski definition) is 4. The second-order valence-electron chi connectivity index (χ2n) is 2.66. The third kappa shape index (κ3) is 5.96. The summed E-state index contributed by atoms with van der Waals surface area (Å²) in [7, 11) is 0. The topological polar surface area (TPSA) is 52.6 Å². The molecule has 0 aromatic rings. The zero-order chi connectivity index (χ0) is 11.0. The van der Waals surface area contributed by atoms with Gasteiger partial charge in [-0.1, -0.05) is 29.8 Å². The van der Waals surface area contributed by atoms with Crippen LogP contribution >= 0.6 is 15.9 Å². The lowest BCUT2D eigenvalue weighted by atomic mass is 10.4. The molecule has 0 radical (unpaired) electrons. The molecule has 0 saturated heterocycles. The number of rotatable bonds is 6. The number of ether oxygens (including phenoxy) is 2. The minimum atomic E-state index is -0.391. The van der Waals surface area contributed by atoms with Gasteiger partial charge >= 0.3 is 11.9 Å². The summed E-state index contributed by atoms with van der Waals surface area (Å²) in [5.41, 5.74) is 0. The maximum absolute atomic E-state index is 10.9. The number of hydrogen-bond donors (Lipinski definition) is 0. The van der Waals surface area contributed by atoms with Crippen molar-refractivity contribution >= 4 is 27.9 Å². The van der Waals surface area contributed by atoms with Gasteiger partial charge in [-0.25, -0.2) is 0 Å². The minimum absolute atomic E-state index is 0.115. The van der Waals surface area contributed by atoms with E-state index in [1.807, 2.05) is 0 Å². The summed E-state index contributed by atoms with van der Waals surface area (Å²) in [5.74, 6) is -0.578. The molecule has 5 heteroatoms. The standard InChI is InChI=1S/C9H15BrO4/c1-3-8(11)13-6-7(5-10)14-9(12)4-2/h7H,3-6H2,1-2H3/t7-/m0/s1. The molecule has 4 nitrogen and oxygen atoms in total. The Balaban J connectivity index is 3.79. The summed E-state index contributed by atoms with van der Waals surface area (Å²) < 4.78 is 9.82. The molecule has 1 atom stereocenters. The van der Waals surface area contributed by atoms with Crippen molar-refractivity contribution in [3.63, 3.8) is 0 Å². The number of carbonyl (C=O) groups is 2. The predicted molar refractivity (Wildman–Crippen MR) is 55.2 cm³/mol. The molecule has 0 bridgehead atoms. The van der Waals surface area contributed by atoms with Crippen molar-refractivity contribution in [2.75, 3.05) is 11.9 Å². The summed E-state index contributed by atoms with van der Waals surface area (Å²) in [6.45, 7) is 3.54. The Morgan fingerprint density at radius 2 is 1.79 bits per heavy atom. The maximum atomic E-state index is 10.9. The molecule has 0 rings (SSSR count). The Bertz CT molecular complexity index is 193. The van der Waals surface area contributed by atoms with Crippen LogP contribution in [0.15, 0.2) is 0 Å². The van der Waals surface area contributed by atoms with Crippen LogP contribution in [0, 0.1) is 0 Å². The Hall–Kier alpha value is -0.580. The summed E-state index contributed by atoms with van der Waals surface area (Å²) in [5, 5.41) is 0.468. The third-order valence-corrected chi connectivity index (χ3v) is 2.20. The zero-order valence-corrected chi connectivity index (χ0v) is 10.0. The number of esters is 2. The maximum Gasteiger partial charge on any atom is 0.305 e. The first kappa shape index (κ1) is 13.4. The quantitative estimate of drug-likeness (QED) is 0.542. The number of carbonyl (C=O) groups excluding carboxylic acids is 2. The highest BCUT2D eigenvalue weighted by atomic mass is 79.9. The molecule has 0 unspecified atom stereocenters. The van der Waals surface area contributed by atoms with Crippen molar-refractivity contribution < 1.29 is 19.1 Å². The minimum Gasteiger partial charge on any atom is -0.462 e. The van der Waals surface area contributed by atoms with Crippen LogP contribution in [0.1, 0.15) is 26.7 Å². The fraction of sp³-hybridized carbons (Fsp3) is 0.778. The van der Waals surface area contributed by atoms with Gasteiger partial charge in [0.05, 0.1) is 0 Å². The molecule has 14 heavy (non-hydrogen) atoms. The molecular formula is C9H15BrO4. The molecule has 0 aliphatic rings. The van der Waals surface area contributed by atoms with Crippen molar-refractivity contribution in [3.8, 4) is 0 Å². The van der Waals surface area contributed by atoms with Gasteiger partial charge in [0.2, 0.25) is 0 Å². The molecular weight excluding hydrogens is 252 g/mol. The van der Waals surface area contributed by atoms with Crippen LogP contribution in [0.2, 0.25) is 0 Å². The van der Waals surface area contributed by atoms with Crippen LogP contribution in [-0.2, 0) is 19.1 Å². The van der Waals surface area contributed by atoms with E-state index in [0.29, 0.717) is 18.2 Å². The van der Waals surface area contributed by atoms with E-state index in [4.69, 9.17) is 9.47 Å². The molecule has 0 aromatic heterocycles. The molecule has 0 aliphatic carbocycles. The van der Waals surface area contributed by atoms with Crippen molar-refractivity contribution in [1.29, 1.82) is 0 Å². The van der Waals surface area contributed by atoms with Gasteiger partial charge in [-0.2, -0.15) is 0 Å². The molecule has 0 aromatic carbocycles. The summed E-state index contributed by atoms with van der Waals surface area (Å²) in [4.78, 5) is 21.7. The monoisotopic (exact) mass is 266 g/mol. The molecule has 0 N–H and O–H groups in total. The molecule has 0 spiro atoms. The van der Waals surface area contributed by atoms with Gasteiger partial charge in [0.1, 0.15) is 12.7 Å². The van der Waals surface area contributed by atoms with Crippen LogP contribution in [0.5, 0.6) is 0 Å². The van der Waals surface area contributed by atoms with E-state index in [1.54, 1.807) is 13.8 Å². The number of alkyl halides is 1. The van der Waals surface area contributed by atoms with E-state index < -0.39 is 6.10 Å². The fourth-order valence-electron chi connectivity index (χ4n) is 0.667. The van der Waals surface area contributed by atoms with Crippen molar-refractivity contribution in [3.05, 3.63) is 0 Å². The lowest BCUT2D eigenvalue weighted by Crippen LogP contribution is -2.26. The highest BCUT2D eigenvalue weighted by molar-refractivity contribution is 9.09. The zero-order valence-electron chi connectivity index (χ0n) is 8.42. The van der Waals surface area contributed by atoms with E-state index in [1.165, 1.54) is 0 Å². The van der Waals surface area contributed by atoms with Gasteiger partial charge in [0.25, 0.3) is 0 Å². The van der Waals surface area contributed by atoms with Gasteiger partial charge in [0.15, 0.2) is 0 Å². The summed E-state index contributed by atoms with van der Waals surface area (Å²) >= 11 is 3.18. The van der Waals surface area contributed by atoms with Crippen molar-refractivity contribution in [2.24, 2.45) is 0 Å². The highest BCUT2D eigenvalue weighted by Crippen LogP contribution is 2.01. The van der Waals surface area contributed by atoms with Crippen LogP contribution in [0.4, 0.5) is 0 Å². The van der Waals surface area contributed by atoms with Crippen LogP contribution in [-0.4, -0.2) is 30.0 Å². The van der Waals surface area contributed by atoms with Gasteiger partial charge in [-0.3, -0.25) is 9.59 Å². The second-order valence-corrected chi connectivity index (χ2v) is 3.30. The highest BCUT2D eigenvalue weighted by Gasteiger charge is 2.13. The Morgan fingerprint density at radius 3 is 2.21 bits per heavy atom. The third-order valence-electron chi connectivity index (χ3n) is 1.48. The van der Waals surface area contributed by atoms with E-state index in [0.717, 1.165) is 0 Å². The van der Waals surface area contributed by atoms with E-state index in [-0.39, 0.29) is 18.5 Å². The molecule has 0 heterocycles. The summed E-state index contributed by atoms with van der Waals surface area (Å²) in [6.07, 6.45) is 0.264. The largest absolute Gasteiger partial charge is 0.462 e.